The van der Waals surface area contributed by atoms with Gasteiger partial charge in [0, 0.05) is 6.54 Å². The summed E-state index contributed by atoms with van der Waals surface area (Å²) < 4.78 is 5.33. The number of rotatable bonds is 8. The fraction of sp³-hybridized carbons (Fsp3) is 0.533. The van der Waals surface area contributed by atoms with Gasteiger partial charge in [0.25, 0.3) is 0 Å². The molecule has 0 amide bonds. The molecule has 1 rings (SSSR count). The van der Waals surface area contributed by atoms with E-state index in [9.17, 15) is 9.90 Å². The molecule has 2 unspecified atom stereocenters. The van der Waals surface area contributed by atoms with Crippen LogP contribution in [0, 0.1) is 5.92 Å². The molecular weight excluding hydrogens is 258 g/mol. The Bertz CT molecular complexity index is 416. The van der Waals surface area contributed by atoms with Gasteiger partial charge in [-0.3, -0.25) is 4.79 Å². The average molecular weight is 281 g/mol. The second-order valence-corrected chi connectivity index (χ2v) is 4.99. The molecule has 0 spiro atoms. The largest absolute Gasteiger partial charge is 0.494 e. The molecule has 2 atom stereocenters. The summed E-state index contributed by atoms with van der Waals surface area (Å²) in [5, 5.41) is 22.0. The van der Waals surface area contributed by atoms with Crippen molar-refractivity contribution in [2.75, 3.05) is 13.2 Å². The van der Waals surface area contributed by atoms with E-state index in [4.69, 9.17) is 9.84 Å². The van der Waals surface area contributed by atoms with Crippen molar-refractivity contribution < 1.29 is 19.7 Å². The summed E-state index contributed by atoms with van der Waals surface area (Å²) in [6, 6.07) is 6.48. The summed E-state index contributed by atoms with van der Waals surface area (Å²) in [4.78, 5) is 11.0. The third kappa shape index (κ3) is 4.83. The van der Waals surface area contributed by atoms with Crippen molar-refractivity contribution in [1.82, 2.24) is 5.32 Å². The minimum Gasteiger partial charge on any atom is -0.494 e. The maximum atomic E-state index is 11.0. The van der Waals surface area contributed by atoms with E-state index in [0.29, 0.717) is 6.61 Å². The fourth-order valence-electron chi connectivity index (χ4n) is 1.92. The number of aliphatic carboxylic acids is 1. The molecule has 1 aromatic rings. The predicted octanol–water partition coefficient (Wildman–Crippen LogP) is 1.82. The summed E-state index contributed by atoms with van der Waals surface area (Å²) in [7, 11) is 0. The number of ether oxygens (including phenoxy) is 1. The summed E-state index contributed by atoms with van der Waals surface area (Å²) in [5.74, 6) is -0.194. The van der Waals surface area contributed by atoms with Gasteiger partial charge in [-0.25, -0.2) is 0 Å². The summed E-state index contributed by atoms with van der Waals surface area (Å²) in [6.45, 7) is 6.36. The molecular formula is C15H23NO4. The van der Waals surface area contributed by atoms with Crippen molar-refractivity contribution in [3.63, 3.8) is 0 Å². The Hall–Kier alpha value is -1.59. The second-order valence-electron chi connectivity index (χ2n) is 4.99. The molecule has 0 aliphatic rings. The summed E-state index contributed by atoms with van der Waals surface area (Å²) in [5.41, 5.74) is 0.730. The molecule has 0 fully saturated rings. The van der Waals surface area contributed by atoms with Crippen molar-refractivity contribution in [1.29, 1.82) is 0 Å². The molecule has 1 aromatic carbocycles. The van der Waals surface area contributed by atoms with Gasteiger partial charge in [-0.15, -0.1) is 0 Å². The lowest BCUT2D eigenvalue weighted by molar-refractivity contribution is -0.140. The van der Waals surface area contributed by atoms with Gasteiger partial charge in [0.05, 0.1) is 12.7 Å². The van der Waals surface area contributed by atoms with E-state index in [-0.39, 0.29) is 12.5 Å². The zero-order valence-electron chi connectivity index (χ0n) is 12.2. The molecule has 0 radical (unpaired) electrons. The number of aliphatic hydroxyl groups is 1. The van der Waals surface area contributed by atoms with Gasteiger partial charge in [0.2, 0.25) is 0 Å². The highest BCUT2D eigenvalue weighted by Crippen LogP contribution is 2.17. The molecule has 20 heavy (non-hydrogen) atoms. The van der Waals surface area contributed by atoms with E-state index in [1.165, 1.54) is 0 Å². The number of benzene rings is 1. The molecule has 3 N–H and O–H groups in total. The van der Waals surface area contributed by atoms with E-state index in [0.717, 1.165) is 11.3 Å². The van der Waals surface area contributed by atoms with Crippen molar-refractivity contribution in [2.45, 2.75) is 32.9 Å². The number of hydrogen-bond donors (Lipinski definition) is 3. The number of carbonyl (C=O) groups is 1. The quantitative estimate of drug-likeness (QED) is 0.677. The van der Waals surface area contributed by atoms with Gasteiger partial charge < -0.3 is 20.3 Å². The molecule has 0 bridgehead atoms. The van der Waals surface area contributed by atoms with Crippen LogP contribution in [0.1, 0.15) is 32.4 Å². The van der Waals surface area contributed by atoms with Gasteiger partial charge in [0.15, 0.2) is 0 Å². The Kier molecular flexibility index (Phi) is 6.48. The first-order valence-electron chi connectivity index (χ1n) is 6.82. The number of nitrogens with one attached hydrogen (secondary N) is 1. The van der Waals surface area contributed by atoms with Crippen LogP contribution in [0.3, 0.4) is 0 Å². The molecule has 0 aliphatic heterocycles. The van der Waals surface area contributed by atoms with Crippen LogP contribution in [0.15, 0.2) is 24.3 Å². The summed E-state index contributed by atoms with van der Waals surface area (Å²) >= 11 is 0. The lowest BCUT2D eigenvalue weighted by Crippen LogP contribution is -2.42. The third-order valence-corrected chi connectivity index (χ3v) is 3.04. The molecule has 0 heterocycles. The molecule has 5 nitrogen and oxygen atoms in total. The first kappa shape index (κ1) is 16.5. The molecule has 112 valence electrons. The Balaban J connectivity index is 2.57. The van der Waals surface area contributed by atoms with E-state index in [2.05, 4.69) is 5.32 Å². The Morgan fingerprint density at radius 3 is 2.35 bits per heavy atom. The predicted molar refractivity (Wildman–Crippen MR) is 76.8 cm³/mol. The molecule has 0 aromatic heterocycles. The first-order valence-corrected chi connectivity index (χ1v) is 6.82. The molecule has 0 saturated heterocycles. The van der Waals surface area contributed by atoms with Crippen LogP contribution in [0.4, 0.5) is 0 Å². The van der Waals surface area contributed by atoms with E-state index in [1.54, 1.807) is 24.3 Å². The highest BCUT2D eigenvalue weighted by molar-refractivity contribution is 5.73. The average Bonchev–Trinajstić information content (AvgIpc) is 2.39. The fourth-order valence-corrected chi connectivity index (χ4v) is 1.92. The van der Waals surface area contributed by atoms with Crippen LogP contribution < -0.4 is 10.1 Å². The van der Waals surface area contributed by atoms with Gasteiger partial charge in [-0.1, -0.05) is 26.0 Å². The number of carboxylic acids is 1. The minimum atomic E-state index is -0.904. The van der Waals surface area contributed by atoms with Gasteiger partial charge in [0.1, 0.15) is 11.8 Å². The number of aliphatic hydroxyl groups excluding tert-OH is 1. The maximum Gasteiger partial charge on any atom is 0.320 e. The van der Waals surface area contributed by atoms with Crippen LogP contribution in [-0.4, -0.2) is 35.4 Å². The lowest BCUT2D eigenvalue weighted by atomic mass is 10.0. The SMILES string of the molecule is CCOc1ccc(C(O)CNC(C(=O)O)C(C)C)cc1. The highest BCUT2D eigenvalue weighted by Gasteiger charge is 2.21. The van der Waals surface area contributed by atoms with Crippen LogP contribution in [0.25, 0.3) is 0 Å². The maximum absolute atomic E-state index is 11.0. The normalized spacial score (nSPS) is 14.1. The van der Waals surface area contributed by atoms with Crippen LogP contribution in [0.5, 0.6) is 5.75 Å². The first-order chi connectivity index (χ1) is 9.45. The summed E-state index contributed by atoms with van der Waals surface area (Å²) in [6.07, 6.45) is -0.744. The molecule has 5 heteroatoms. The standard InChI is InChI=1S/C15H23NO4/c1-4-20-12-7-5-11(6-8-12)13(17)9-16-14(10(2)3)15(18)19/h5-8,10,13-14,16-17H,4,9H2,1-3H3,(H,18,19). The third-order valence-electron chi connectivity index (χ3n) is 3.04. The van der Waals surface area contributed by atoms with E-state index >= 15 is 0 Å². The van der Waals surface area contributed by atoms with Crippen LogP contribution >= 0.6 is 0 Å². The smallest absolute Gasteiger partial charge is 0.320 e. The number of hydrogen-bond acceptors (Lipinski definition) is 4. The van der Waals surface area contributed by atoms with E-state index < -0.39 is 18.1 Å². The Morgan fingerprint density at radius 1 is 1.30 bits per heavy atom. The second kappa shape index (κ2) is 7.87. The Morgan fingerprint density at radius 2 is 1.90 bits per heavy atom. The Labute approximate surface area is 119 Å². The van der Waals surface area contributed by atoms with Crippen molar-refractivity contribution >= 4 is 5.97 Å². The van der Waals surface area contributed by atoms with Gasteiger partial charge in [-0.2, -0.15) is 0 Å². The highest BCUT2D eigenvalue weighted by atomic mass is 16.5. The van der Waals surface area contributed by atoms with Crippen molar-refractivity contribution in [2.24, 2.45) is 5.92 Å². The topological polar surface area (TPSA) is 78.8 Å². The monoisotopic (exact) mass is 281 g/mol. The van der Waals surface area contributed by atoms with Gasteiger partial charge in [-0.05, 0) is 30.5 Å². The minimum absolute atomic E-state index is 0.0416. The van der Waals surface area contributed by atoms with Gasteiger partial charge >= 0.3 is 5.97 Å². The van der Waals surface area contributed by atoms with Crippen molar-refractivity contribution in [3.05, 3.63) is 29.8 Å². The lowest BCUT2D eigenvalue weighted by Gasteiger charge is -2.20. The molecule has 0 aliphatic carbocycles. The molecule has 0 saturated carbocycles. The van der Waals surface area contributed by atoms with Crippen molar-refractivity contribution in [3.8, 4) is 5.75 Å². The number of carboxylic acid groups (broad SMARTS) is 1. The van der Waals surface area contributed by atoms with E-state index in [1.807, 2.05) is 20.8 Å². The van der Waals surface area contributed by atoms with Crippen LogP contribution in [0.2, 0.25) is 0 Å². The van der Waals surface area contributed by atoms with Crippen LogP contribution in [-0.2, 0) is 4.79 Å². The zero-order chi connectivity index (χ0) is 15.1. The zero-order valence-corrected chi connectivity index (χ0v) is 12.2.